The number of hydrogen-bond acceptors (Lipinski definition) is 1. The van der Waals surface area contributed by atoms with E-state index in [1.54, 1.807) is 33.4 Å². The predicted molar refractivity (Wildman–Crippen MR) is 114 cm³/mol. The minimum atomic E-state index is 0.581. The molecule has 1 nitrogen and oxygen atoms in total. The zero-order valence-electron chi connectivity index (χ0n) is 17.8. The summed E-state index contributed by atoms with van der Waals surface area (Å²) in [5.41, 5.74) is 11.1. The Morgan fingerprint density at radius 3 is 2.73 bits per heavy atom. The molecular formula is C25H37N. The van der Waals surface area contributed by atoms with Crippen LogP contribution in [0.3, 0.4) is 0 Å². The van der Waals surface area contributed by atoms with E-state index in [-0.39, 0.29) is 0 Å². The van der Waals surface area contributed by atoms with E-state index < -0.39 is 0 Å². The van der Waals surface area contributed by atoms with E-state index in [9.17, 15) is 0 Å². The molecule has 0 saturated heterocycles. The van der Waals surface area contributed by atoms with E-state index in [2.05, 4.69) is 64.7 Å². The lowest BCUT2D eigenvalue weighted by molar-refractivity contribution is 0.187. The fraction of sp³-hybridized carbons (Fsp3) is 0.600. The molecule has 0 N–H and O–H groups in total. The highest BCUT2D eigenvalue weighted by Gasteiger charge is 2.32. The van der Waals surface area contributed by atoms with E-state index in [0.29, 0.717) is 6.04 Å². The van der Waals surface area contributed by atoms with Crippen LogP contribution in [0.1, 0.15) is 76.1 Å². The number of allylic oxidation sites excluding steroid dienone is 1. The molecule has 0 saturated carbocycles. The smallest absolute Gasteiger partial charge is 0.0391 e. The minimum Gasteiger partial charge on any atom is -0.291 e. The van der Waals surface area contributed by atoms with Crippen LogP contribution in [0.5, 0.6) is 0 Å². The van der Waals surface area contributed by atoms with Crippen LogP contribution in [-0.4, -0.2) is 17.5 Å². The van der Waals surface area contributed by atoms with Crippen molar-refractivity contribution in [3.63, 3.8) is 0 Å². The van der Waals surface area contributed by atoms with Crippen molar-refractivity contribution >= 4 is 0 Å². The van der Waals surface area contributed by atoms with Gasteiger partial charge in [0.25, 0.3) is 0 Å². The molecule has 0 fully saturated rings. The minimum absolute atomic E-state index is 0.581. The molecule has 3 rings (SSSR count). The zero-order chi connectivity index (χ0) is 18.8. The summed E-state index contributed by atoms with van der Waals surface area (Å²) in [5, 5.41) is 0. The van der Waals surface area contributed by atoms with Gasteiger partial charge in [-0.25, -0.2) is 0 Å². The molecule has 2 aliphatic rings. The molecule has 0 aromatic heterocycles. The third-order valence-electron chi connectivity index (χ3n) is 6.47. The topological polar surface area (TPSA) is 3.24 Å². The quantitative estimate of drug-likeness (QED) is 0.594. The molecule has 1 heteroatoms. The van der Waals surface area contributed by atoms with Gasteiger partial charge in [-0.05, 0) is 86.6 Å². The molecule has 1 atom stereocenters. The van der Waals surface area contributed by atoms with Gasteiger partial charge in [0, 0.05) is 19.1 Å². The van der Waals surface area contributed by atoms with Gasteiger partial charge in [0.2, 0.25) is 0 Å². The van der Waals surface area contributed by atoms with Gasteiger partial charge in [-0.3, -0.25) is 4.90 Å². The number of nitrogens with zero attached hydrogens (tertiary/aromatic N) is 1. The Balaban J connectivity index is 1.89. The van der Waals surface area contributed by atoms with Crippen molar-refractivity contribution in [1.29, 1.82) is 0 Å². The fourth-order valence-electron chi connectivity index (χ4n) is 4.74. The fourth-order valence-corrected chi connectivity index (χ4v) is 4.74. The van der Waals surface area contributed by atoms with Gasteiger partial charge in [-0.1, -0.05) is 50.1 Å². The maximum atomic E-state index is 2.75. The zero-order valence-corrected chi connectivity index (χ0v) is 17.8. The summed E-state index contributed by atoms with van der Waals surface area (Å²) in [6.45, 7) is 16.3. The lowest BCUT2D eigenvalue weighted by Crippen LogP contribution is -2.45. The Kier molecular flexibility index (Phi) is 6.07. The van der Waals surface area contributed by atoms with E-state index in [0.717, 1.165) is 18.9 Å². The van der Waals surface area contributed by atoms with E-state index in [1.165, 1.54) is 37.8 Å². The van der Waals surface area contributed by atoms with Crippen LogP contribution in [-0.2, 0) is 19.4 Å². The van der Waals surface area contributed by atoms with Crippen LogP contribution in [0.25, 0.3) is 0 Å². The van der Waals surface area contributed by atoms with Crippen molar-refractivity contribution in [1.82, 2.24) is 4.90 Å². The molecule has 0 amide bonds. The normalized spacial score (nSPS) is 21.2. The summed E-state index contributed by atoms with van der Waals surface area (Å²) < 4.78 is 0. The summed E-state index contributed by atoms with van der Waals surface area (Å²) in [5.74, 6) is 0.786. The monoisotopic (exact) mass is 351 g/mol. The van der Waals surface area contributed by atoms with Gasteiger partial charge < -0.3 is 0 Å². The number of fused-ring (bicyclic) bond motifs is 2. The molecule has 1 unspecified atom stereocenters. The molecule has 26 heavy (non-hydrogen) atoms. The van der Waals surface area contributed by atoms with Crippen molar-refractivity contribution in [2.75, 3.05) is 6.54 Å². The van der Waals surface area contributed by atoms with Gasteiger partial charge >= 0.3 is 0 Å². The maximum absolute atomic E-state index is 2.75. The number of benzene rings is 1. The van der Waals surface area contributed by atoms with Gasteiger partial charge in [0.1, 0.15) is 0 Å². The van der Waals surface area contributed by atoms with Gasteiger partial charge in [0.05, 0.1) is 0 Å². The first-order valence-corrected chi connectivity index (χ1v) is 10.6. The van der Waals surface area contributed by atoms with Crippen molar-refractivity contribution in [3.8, 4) is 0 Å². The highest BCUT2D eigenvalue weighted by atomic mass is 15.2. The average molecular weight is 352 g/mol. The third kappa shape index (κ3) is 3.98. The third-order valence-corrected chi connectivity index (χ3v) is 6.47. The molecule has 0 radical (unpaired) electrons. The molecule has 2 aliphatic heterocycles. The highest BCUT2D eigenvalue weighted by molar-refractivity contribution is 5.46. The van der Waals surface area contributed by atoms with Crippen LogP contribution < -0.4 is 0 Å². The molecule has 2 heterocycles. The molecule has 1 aromatic rings. The van der Waals surface area contributed by atoms with Crippen LogP contribution in [0.4, 0.5) is 0 Å². The summed E-state index contributed by atoms with van der Waals surface area (Å²) in [6.07, 6.45) is 8.63. The van der Waals surface area contributed by atoms with Crippen molar-refractivity contribution < 1.29 is 0 Å². The predicted octanol–water partition coefficient (Wildman–Crippen LogP) is 6.39. The van der Waals surface area contributed by atoms with Crippen LogP contribution in [0.15, 0.2) is 34.9 Å². The summed E-state index contributed by atoms with van der Waals surface area (Å²) in [4.78, 5) is 2.75. The lowest BCUT2D eigenvalue weighted by atomic mass is 9.81. The van der Waals surface area contributed by atoms with E-state index in [1.807, 2.05) is 0 Å². The standard InChI is InChI=1S/C25H37N/c1-7-22-19(5)10-11-21-15-25-23(14-18(4)9-8-17(2)3)20(6)12-13-26(25)16-24(21)22/h10-11,14,17,25H,7-9,12-13,15-16H2,1-6H3/b18-14+. The van der Waals surface area contributed by atoms with Gasteiger partial charge in [0.15, 0.2) is 0 Å². The lowest BCUT2D eigenvalue weighted by Gasteiger charge is -2.42. The summed E-state index contributed by atoms with van der Waals surface area (Å²) >= 11 is 0. The second-order valence-corrected chi connectivity index (χ2v) is 8.95. The second-order valence-electron chi connectivity index (χ2n) is 8.95. The molecular weight excluding hydrogens is 314 g/mol. The number of rotatable bonds is 5. The largest absolute Gasteiger partial charge is 0.291 e. The molecule has 0 spiro atoms. The van der Waals surface area contributed by atoms with Crippen molar-refractivity contribution in [2.24, 2.45) is 5.92 Å². The Bertz CT molecular complexity index is 720. The molecule has 0 aliphatic carbocycles. The van der Waals surface area contributed by atoms with Crippen LogP contribution in [0, 0.1) is 12.8 Å². The molecule has 1 aromatic carbocycles. The average Bonchev–Trinajstić information content (AvgIpc) is 2.61. The molecule has 0 bridgehead atoms. The van der Waals surface area contributed by atoms with Gasteiger partial charge in [-0.2, -0.15) is 0 Å². The summed E-state index contributed by atoms with van der Waals surface area (Å²) in [7, 11) is 0. The van der Waals surface area contributed by atoms with E-state index in [4.69, 9.17) is 0 Å². The first-order chi connectivity index (χ1) is 12.4. The first kappa shape index (κ1) is 19.4. The second kappa shape index (κ2) is 8.13. The van der Waals surface area contributed by atoms with E-state index >= 15 is 0 Å². The summed E-state index contributed by atoms with van der Waals surface area (Å²) in [6, 6.07) is 5.33. The van der Waals surface area contributed by atoms with Crippen LogP contribution in [0.2, 0.25) is 0 Å². The van der Waals surface area contributed by atoms with Crippen molar-refractivity contribution in [3.05, 3.63) is 57.2 Å². The molecule has 142 valence electrons. The Labute approximate surface area is 161 Å². The Morgan fingerprint density at radius 2 is 2.04 bits per heavy atom. The Morgan fingerprint density at radius 1 is 1.27 bits per heavy atom. The number of aryl methyl sites for hydroxylation is 1. The number of hydrogen-bond donors (Lipinski definition) is 0. The maximum Gasteiger partial charge on any atom is 0.0391 e. The SMILES string of the molecule is CCc1c(C)ccc2c1CN1CCC(C)=C(/C=C(\C)CCC(C)C)C1C2. The van der Waals surface area contributed by atoms with Crippen molar-refractivity contribution in [2.45, 2.75) is 86.2 Å². The Hall–Kier alpha value is -1.34. The van der Waals surface area contributed by atoms with Gasteiger partial charge in [-0.15, -0.1) is 0 Å². The highest BCUT2D eigenvalue weighted by Crippen LogP contribution is 2.36. The van der Waals surface area contributed by atoms with Crippen LogP contribution >= 0.6 is 0 Å². The first-order valence-electron chi connectivity index (χ1n) is 10.6.